The van der Waals surface area contributed by atoms with E-state index in [0.717, 1.165) is 6.07 Å². The highest BCUT2D eigenvalue weighted by molar-refractivity contribution is 5.96. The Morgan fingerprint density at radius 3 is 2.53 bits per heavy atom. The lowest BCUT2D eigenvalue weighted by molar-refractivity contribution is -0.384. The summed E-state index contributed by atoms with van der Waals surface area (Å²) in [6.07, 6.45) is 0.968. The molecule has 1 N–H and O–H groups in total. The number of nitro groups is 1. The van der Waals surface area contributed by atoms with E-state index in [0.29, 0.717) is 32.5 Å². The van der Waals surface area contributed by atoms with E-state index in [1.165, 1.54) is 23.1 Å². The fraction of sp³-hybridized carbons (Fsp3) is 0.474. The van der Waals surface area contributed by atoms with Crippen molar-refractivity contribution < 1.29 is 33.6 Å². The predicted octanol–water partition coefficient (Wildman–Crippen LogP) is 0.670. The zero-order valence-corrected chi connectivity index (χ0v) is 16.5. The van der Waals surface area contributed by atoms with Crippen LogP contribution in [-0.4, -0.2) is 66.4 Å². The number of non-ortho nitro benzene ring substituents is 1. The van der Waals surface area contributed by atoms with Gasteiger partial charge in [0.25, 0.3) is 17.5 Å². The summed E-state index contributed by atoms with van der Waals surface area (Å²) in [5, 5.41) is 13.0. The first-order valence-electron chi connectivity index (χ1n) is 9.44. The Kier molecular flexibility index (Phi) is 8.27. The van der Waals surface area contributed by atoms with Gasteiger partial charge >= 0.3 is 11.9 Å². The van der Waals surface area contributed by atoms with E-state index in [-0.39, 0.29) is 23.1 Å². The number of nitro benzene ring substituents is 1. The highest BCUT2D eigenvalue weighted by atomic mass is 16.6. The molecule has 0 saturated carbocycles. The third kappa shape index (κ3) is 6.54. The van der Waals surface area contributed by atoms with Crippen LogP contribution in [0.1, 0.15) is 30.1 Å². The summed E-state index contributed by atoms with van der Waals surface area (Å²) in [6.45, 7) is 1.81. The molecule has 0 atom stereocenters. The number of esters is 2. The third-order valence-electron chi connectivity index (χ3n) is 4.54. The molecule has 1 aromatic carbocycles. The molecule has 11 nitrogen and oxygen atoms in total. The number of likely N-dealkylation sites (tertiary alicyclic amines) is 1. The Morgan fingerprint density at radius 1 is 1.20 bits per heavy atom. The maximum Gasteiger partial charge on any atom is 0.325 e. The molecule has 2 amide bonds. The molecule has 1 fully saturated rings. The number of carbonyl (C=O) groups is 4. The lowest BCUT2D eigenvalue weighted by atomic mass is 9.97. The lowest BCUT2D eigenvalue weighted by Crippen LogP contribution is -2.43. The maximum atomic E-state index is 12.1. The lowest BCUT2D eigenvalue weighted by Gasteiger charge is -2.30. The average Bonchev–Trinajstić information content (AvgIpc) is 2.76. The van der Waals surface area contributed by atoms with Gasteiger partial charge in [0.2, 0.25) is 0 Å². The molecule has 1 aromatic rings. The van der Waals surface area contributed by atoms with Crippen molar-refractivity contribution >= 4 is 29.4 Å². The highest BCUT2D eigenvalue weighted by Crippen LogP contribution is 2.18. The minimum absolute atomic E-state index is 0.0255. The summed E-state index contributed by atoms with van der Waals surface area (Å²) in [7, 11) is 0. The van der Waals surface area contributed by atoms with Crippen molar-refractivity contribution in [3.05, 3.63) is 39.9 Å². The number of amides is 2. The molecule has 0 radical (unpaired) electrons. The zero-order chi connectivity index (χ0) is 22.1. The van der Waals surface area contributed by atoms with Crippen LogP contribution in [0.3, 0.4) is 0 Å². The van der Waals surface area contributed by atoms with Crippen molar-refractivity contribution in [2.24, 2.45) is 5.92 Å². The molecule has 1 heterocycles. The normalized spacial score (nSPS) is 14.0. The first-order chi connectivity index (χ1) is 14.3. The monoisotopic (exact) mass is 421 g/mol. The van der Waals surface area contributed by atoms with Crippen molar-refractivity contribution in [1.29, 1.82) is 0 Å². The number of hydrogen-bond donors (Lipinski definition) is 1. The molecule has 1 saturated heterocycles. The van der Waals surface area contributed by atoms with Gasteiger partial charge in [0.1, 0.15) is 6.54 Å². The van der Waals surface area contributed by atoms with Gasteiger partial charge in [0.15, 0.2) is 6.61 Å². The fourth-order valence-electron chi connectivity index (χ4n) is 2.92. The van der Waals surface area contributed by atoms with Crippen LogP contribution >= 0.6 is 0 Å². The van der Waals surface area contributed by atoms with E-state index >= 15 is 0 Å². The predicted molar refractivity (Wildman–Crippen MR) is 102 cm³/mol. The SMILES string of the molecule is CCOC(=O)C1CCN(C(=O)COC(=O)CNC(=O)c2cccc([N+](=O)[O-])c2)CC1. The Morgan fingerprint density at radius 2 is 1.90 bits per heavy atom. The summed E-state index contributed by atoms with van der Waals surface area (Å²) in [4.78, 5) is 59.2. The van der Waals surface area contributed by atoms with Gasteiger partial charge in [-0.2, -0.15) is 0 Å². The molecule has 0 bridgehead atoms. The van der Waals surface area contributed by atoms with Crippen LogP contribution in [0.15, 0.2) is 24.3 Å². The van der Waals surface area contributed by atoms with Crippen LogP contribution in [0.4, 0.5) is 5.69 Å². The minimum Gasteiger partial charge on any atom is -0.466 e. The van der Waals surface area contributed by atoms with Gasteiger partial charge in [-0.25, -0.2) is 0 Å². The molecule has 162 valence electrons. The number of ether oxygens (including phenoxy) is 2. The number of rotatable bonds is 8. The summed E-state index contributed by atoms with van der Waals surface area (Å²) in [6, 6.07) is 5.06. The summed E-state index contributed by atoms with van der Waals surface area (Å²) in [5.41, 5.74) is -0.222. The van der Waals surface area contributed by atoms with Crippen LogP contribution in [0.25, 0.3) is 0 Å². The quantitative estimate of drug-likeness (QED) is 0.366. The first-order valence-corrected chi connectivity index (χ1v) is 9.44. The van der Waals surface area contributed by atoms with E-state index in [4.69, 9.17) is 9.47 Å². The van der Waals surface area contributed by atoms with Gasteiger partial charge in [-0.05, 0) is 25.8 Å². The molecule has 0 spiro atoms. The van der Waals surface area contributed by atoms with Crippen LogP contribution in [-0.2, 0) is 23.9 Å². The minimum atomic E-state index is -0.816. The molecule has 30 heavy (non-hydrogen) atoms. The smallest absolute Gasteiger partial charge is 0.325 e. The second-order valence-electron chi connectivity index (χ2n) is 6.56. The molecule has 1 aliphatic heterocycles. The summed E-state index contributed by atoms with van der Waals surface area (Å²) >= 11 is 0. The highest BCUT2D eigenvalue weighted by Gasteiger charge is 2.28. The molecular formula is C19H23N3O8. The Bertz CT molecular complexity index is 818. The van der Waals surface area contributed by atoms with Crippen LogP contribution in [0.2, 0.25) is 0 Å². The van der Waals surface area contributed by atoms with Crippen LogP contribution < -0.4 is 5.32 Å². The van der Waals surface area contributed by atoms with Gasteiger partial charge in [-0.3, -0.25) is 29.3 Å². The number of nitrogens with one attached hydrogen (secondary N) is 1. The van der Waals surface area contributed by atoms with E-state index in [1.807, 2.05) is 0 Å². The van der Waals surface area contributed by atoms with Crippen molar-refractivity contribution in [2.75, 3.05) is 32.8 Å². The molecule has 0 aliphatic carbocycles. The fourth-order valence-corrected chi connectivity index (χ4v) is 2.92. The molecule has 0 aromatic heterocycles. The maximum absolute atomic E-state index is 12.1. The van der Waals surface area contributed by atoms with E-state index in [2.05, 4.69) is 5.32 Å². The molecule has 2 rings (SSSR count). The Labute approximate surface area is 172 Å². The largest absolute Gasteiger partial charge is 0.466 e. The van der Waals surface area contributed by atoms with Crippen LogP contribution in [0.5, 0.6) is 0 Å². The van der Waals surface area contributed by atoms with E-state index in [9.17, 15) is 29.3 Å². The Balaban J connectivity index is 1.71. The van der Waals surface area contributed by atoms with Gasteiger partial charge in [0, 0.05) is 30.8 Å². The first kappa shape index (κ1) is 22.8. The topological polar surface area (TPSA) is 145 Å². The number of benzene rings is 1. The van der Waals surface area contributed by atoms with E-state index < -0.39 is 35.9 Å². The van der Waals surface area contributed by atoms with Gasteiger partial charge in [-0.1, -0.05) is 6.07 Å². The molecular weight excluding hydrogens is 398 g/mol. The Hall–Kier alpha value is -3.50. The standard InChI is InChI=1S/C19H23N3O8/c1-2-29-19(26)13-6-8-21(9-7-13)16(23)12-30-17(24)11-20-18(25)14-4-3-5-15(10-14)22(27)28/h3-5,10,13H,2,6-9,11-12H2,1H3,(H,20,25). The molecule has 11 heteroatoms. The van der Waals surface area contributed by atoms with Gasteiger partial charge in [0.05, 0.1) is 17.4 Å². The van der Waals surface area contributed by atoms with Crippen molar-refractivity contribution in [2.45, 2.75) is 19.8 Å². The van der Waals surface area contributed by atoms with Crippen molar-refractivity contribution in [3.63, 3.8) is 0 Å². The molecule has 0 unspecified atom stereocenters. The van der Waals surface area contributed by atoms with Crippen molar-refractivity contribution in [1.82, 2.24) is 10.2 Å². The number of hydrogen-bond acceptors (Lipinski definition) is 8. The summed E-state index contributed by atoms with van der Waals surface area (Å²) < 4.78 is 9.85. The second-order valence-corrected chi connectivity index (χ2v) is 6.56. The van der Waals surface area contributed by atoms with Gasteiger partial charge in [-0.15, -0.1) is 0 Å². The second kappa shape index (κ2) is 10.9. The number of nitrogens with zero attached hydrogens (tertiary/aromatic N) is 2. The van der Waals surface area contributed by atoms with Crippen LogP contribution in [0, 0.1) is 16.0 Å². The van der Waals surface area contributed by atoms with Gasteiger partial charge < -0.3 is 19.7 Å². The number of carbonyl (C=O) groups excluding carboxylic acids is 4. The number of piperidine rings is 1. The molecule has 1 aliphatic rings. The summed E-state index contributed by atoms with van der Waals surface area (Å²) in [5.74, 6) is -2.39. The van der Waals surface area contributed by atoms with E-state index in [1.54, 1.807) is 6.92 Å². The average molecular weight is 421 g/mol. The zero-order valence-electron chi connectivity index (χ0n) is 16.5. The van der Waals surface area contributed by atoms with Crippen molar-refractivity contribution in [3.8, 4) is 0 Å². The third-order valence-corrected chi connectivity index (χ3v) is 4.54.